The van der Waals surface area contributed by atoms with Crippen molar-refractivity contribution in [3.63, 3.8) is 0 Å². The first-order chi connectivity index (χ1) is 12.3. The third-order valence-electron chi connectivity index (χ3n) is 7.75. The maximum absolute atomic E-state index is 10.6. The second-order valence-corrected chi connectivity index (χ2v) is 9.71. The third-order valence-corrected chi connectivity index (χ3v) is 7.75. The lowest BCUT2D eigenvalue weighted by Crippen LogP contribution is -2.59. The summed E-state index contributed by atoms with van der Waals surface area (Å²) in [7, 11) is 0. The van der Waals surface area contributed by atoms with Gasteiger partial charge in [0, 0.05) is 12.6 Å². The number of nitrogens with zero attached hydrogens (tertiary/aromatic N) is 1. The number of aromatic hydroxyl groups is 1. The van der Waals surface area contributed by atoms with Gasteiger partial charge in [-0.2, -0.15) is 0 Å². The van der Waals surface area contributed by atoms with Crippen molar-refractivity contribution in [1.82, 2.24) is 4.90 Å². The Labute approximate surface area is 158 Å². The lowest BCUT2D eigenvalue weighted by Gasteiger charge is -2.56. The lowest BCUT2D eigenvalue weighted by molar-refractivity contribution is -0.0110. The van der Waals surface area contributed by atoms with E-state index >= 15 is 0 Å². The molecule has 1 aromatic rings. The van der Waals surface area contributed by atoms with E-state index in [4.69, 9.17) is 0 Å². The molecule has 3 heteroatoms. The second kappa shape index (κ2) is 6.53. The van der Waals surface area contributed by atoms with Crippen LogP contribution in [0.4, 0.5) is 0 Å². The molecule has 1 aliphatic heterocycles. The summed E-state index contributed by atoms with van der Waals surface area (Å²) in [6.45, 7) is 8.91. The number of fused-ring (bicyclic) bond motifs is 4. The van der Waals surface area contributed by atoms with Gasteiger partial charge >= 0.3 is 0 Å². The highest BCUT2D eigenvalue weighted by molar-refractivity contribution is 5.44. The van der Waals surface area contributed by atoms with E-state index < -0.39 is 5.60 Å². The molecular weight excluding hydrogens is 322 g/mol. The van der Waals surface area contributed by atoms with Crippen molar-refractivity contribution in [3.05, 3.63) is 29.3 Å². The van der Waals surface area contributed by atoms with Crippen LogP contribution in [0.5, 0.6) is 5.75 Å². The smallest absolute Gasteiger partial charge is 0.115 e. The number of hydrogen-bond acceptors (Lipinski definition) is 3. The first-order valence-electron chi connectivity index (χ1n) is 10.6. The van der Waals surface area contributed by atoms with Crippen LogP contribution in [-0.2, 0) is 11.8 Å². The van der Waals surface area contributed by atoms with Gasteiger partial charge in [-0.25, -0.2) is 0 Å². The van der Waals surface area contributed by atoms with E-state index in [0.29, 0.717) is 17.7 Å². The number of piperidine rings is 1. The van der Waals surface area contributed by atoms with E-state index in [1.54, 1.807) is 0 Å². The van der Waals surface area contributed by atoms with E-state index in [-0.39, 0.29) is 5.41 Å². The van der Waals surface area contributed by atoms with E-state index in [1.165, 1.54) is 37.1 Å². The van der Waals surface area contributed by atoms with Gasteiger partial charge in [-0.1, -0.05) is 19.9 Å². The van der Waals surface area contributed by atoms with Crippen LogP contribution < -0.4 is 0 Å². The van der Waals surface area contributed by atoms with Crippen molar-refractivity contribution in [1.29, 1.82) is 0 Å². The molecule has 2 fully saturated rings. The van der Waals surface area contributed by atoms with Gasteiger partial charge in [0.05, 0.1) is 5.60 Å². The van der Waals surface area contributed by atoms with Gasteiger partial charge in [0.1, 0.15) is 5.75 Å². The molecule has 4 atom stereocenters. The van der Waals surface area contributed by atoms with Crippen LogP contribution in [0, 0.1) is 11.8 Å². The zero-order chi connectivity index (χ0) is 18.5. The van der Waals surface area contributed by atoms with Crippen LogP contribution in [0.3, 0.4) is 0 Å². The summed E-state index contributed by atoms with van der Waals surface area (Å²) in [5.74, 6) is 1.87. The number of benzene rings is 1. The average molecular weight is 358 g/mol. The van der Waals surface area contributed by atoms with Crippen molar-refractivity contribution in [2.24, 2.45) is 11.8 Å². The molecule has 0 spiro atoms. The van der Waals surface area contributed by atoms with Crippen molar-refractivity contribution < 1.29 is 10.2 Å². The molecule has 3 nitrogen and oxygen atoms in total. The van der Waals surface area contributed by atoms with Gasteiger partial charge in [0.25, 0.3) is 0 Å². The fraction of sp³-hybridized carbons (Fsp3) is 0.739. The zero-order valence-corrected chi connectivity index (χ0v) is 16.7. The number of phenols is 1. The minimum atomic E-state index is -0.564. The standard InChI is InChI=1S/C23H35NO2/c1-4-22(2,26)10-9-19-21-13-17-7-8-18(25)14-20(17)23(19,3)11-12-24(21)15-16-5-6-16/h7-8,14,16,19,21,25-26H,4-6,9-13,15H2,1-3H3/t19-,21-,22?,23+/m1/s1. The van der Waals surface area contributed by atoms with Crippen LogP contribution in [-0.4, -0.2) is 39.8 Å². The highest BCUT2D eigenvalue weighted by atomic mass is 16.3. The summed E-state index contributed by atoms with van der Waals surface area (Å²) in [4.78, 5) is 2.76. The summed E-state index contributed by atoms with van der Waals surface area (Å²) in [5.41, 5.74) is 2.33. The molecule has 3 aliphatic rings. The molecule has 1 aromatic carbocycles. The van der Waals surface area contributed by atoms with Crippen molar-refractivity contribution in [2.75, 3.05) is 13.1 Å². The minimum absolute atomic E-state index is 0.112. The van der Waals surface area contributed by atoms with E-state index in [1.807, 2.05) is 19.1 Å². The third kappa shape index (κ3) is 3.29. The molecule has 1 unspecified atom stereocenters. The zero-order valence-electron chi connectivity index (χ0n) is 16.7. The molecule has 0 aromatic heterocycles. The molecule has 2 bridgehead atoms. The van der Waals surface area contributed by atoms with Crippen LogP contribution in [0.25, 0.3) is 0 Å². The average Bonchev–Trinajstić information content (AvgIpc) is 3.41. The Hall–Kier alpha value is -1.06. The van der Waals surface area contributed by atoms with Gasteiger partial charge in [0.15, 0.2) is 0 Å². The Morgan fingerprint density at radius 2 is 2.08 bits per heavy atom. The molecule has 1 saturated heterocycles. The summed E-state index contributed by atoms with van der Waals surface area (Å²) < 4.78 is 0. The molecule has 2 aliphatic carbocycles. The number of phenolic OH excluding ortho intramolecular Hbond substituents is 1. The summed E-state index contributed by atoms with van der Waals surface area (Å²) in [6.07, 6.45) is 7.80. The molecule has 2 N–H and O–H groups in total. The molecule has 4 rings (SSSR count). The van der Waals surface area contributed by atoms with Gasteiger partial charge in [-0.05, 0) is 98.9 Å². The largest absolute Gasteiger partial charge is 0.508 e. The maximum Gasteiger partial charge on any atom is 0.115 e. The molecule has 144 valence electrons. The Kier molecular flexibility index (Phi) is 4.60. The van der Waals surface area contributed by atoms with Crippen LogP contribution >= 0.6 is 0 Å². The summed E-state index contributed by atoms with van der Waals surface area (Å²) >= 11 is 0. The van der Waals surface area contributed by atoms with Gasteiger partial charge in [-0.3, -0.25) is 4.90 Å². The first-order valence-corrected chi connectivity index (χ1v) is 10.6. The van der Waals surface area contributed by atoms with Gasteiger partial charge < -0.3 is 10.2 Å². The quantitative estimate of drug-likeness (QED) is 0.800. The molecule has 0 radical (unpaired) electrons. The first kappa shape index (κ1) is 18.3. The monoisotopic (exact) mass is 357 g/mol. The predicted molar refractivity (Wildman–Crippen MR) is 106 cm³/mol. The fourth-order valence-corrected chi connectivity index (χ4v) is 5.52. The summed E-state index contributed by atoms with van der Waals surface area (Å²) in [5, 5.41) is 20.7. The SMILES string of the molecule is CCC(C)(O)CC[C@@H]1[C@H]2Cc3ccc(O)cc3[C@@]1(C)CCN2CC1CC1. The van der Waals surface area contributed by atoms with Gasteiger partial charge in [0.2, 0.25) is 0 Å². The highest BCUT2D eigenvalue weighted by Gasteiger charge is 2.51. The normalized spacial score (nSPS) is 33.5. The Bertz CT molecular complexity index is 666. The number of rotatable bonds is 6. The molecule has 0 amide bonds. The van der Waals surface area contributed by atoms with E-state index in [2.05, 4.69) is 24.8 Å². The maximum atomic E-state index is 10.6. The number of aliphatic hydroxyl groups is 1. The molecule has 1 heterocycles. The Morgan fingerprint density at radius 3 is 2.77 bits per heavy atom. The minimum Gasteiger partial charge on any atom is -0.508 e. The topological polar surface area (TPSA) is 43.7 Å². The Morgan fingerprint density at radius 1 is 1.31 bits per heavy atom. The van der Waals surface area contributed by atoms with Crippen LogP contribution in [0.15, 0.2) is 18.2 Å². The molecular formula is C23H35NO2. The predicted octanol–water partition coefficient (Wildman–Crippen LogP) is 4.25. The van der Waals surface area contributed by atoms with Crippen LogP contribution in [0.2, 0.25) is 0 Å². The number of likely N-dealkylation sites (tertiary alicyclic amines) is 1. The van der Waals surface area contributed by atoms with E-state index in [0.717, 1.165) is 38.0 Å². The summed E-state index contributed by atoms with van der Waals surface area (Å²) in [6, 6.07) is 6.60. The fourth-order valence-electron chi connectivity index (χ4n) is 5.52. The molecule has 26 heavy (non-hydrogen) atoms. The van der Waals surface area contributed by atoms with E-state index in [9.17, 15) is 10.2 Å². The lowest BCUT2D eigenvalue weighted by atomic mass is 9.56. The van der Waals surface area contributed by atoms with Gasteiger partial charge in [-0.15, -0.1) is 0 Å². The second-order valence-electron chi connectivity index (χ2n) is 9.71. The Balaban J connectivity index is 1.66. The van der Waals surface area contributed by atoms with Crippen molar-refractivity contribution in [2.45, 2.75) is 82.8 Å². The highest BCUT2D eigenvalue weighted by Crippen LogP contribution is 2.52. The van der Waals surface area contributed by atoms with Crippen LogP contribution in [0.1, 0.15) is 70.4 Å². The van der Waals surface area contributed by atoms with Crippen molar-refractivity contribution >= 4 is 0 Å². The molecule has 1 saturated carbocycles. The number of hydrogen-bond donors (Lipinski definition) is 2. The van der Waals surface area contributed by atoms with Crippen molar-refractivity contribution in [3.8, 4) is 5.75 Å².